The molecule has 0 aliphatic carbocycles. The summed E-state index contributed by atoms with van der Waals surface area (Å²) in [4.78, 5) is 45.0. The molecule has 16 heteroatoms. The quantitative estimate of drug-likeness (QED) is 0.0530. The highest BCUT2D eigenvalue weighted by molar-refractivity contribution is 6.74. The summed E-state index contributed by atoms with van der Waals surface area (Å²) in [6.45, 7) is 30.5. The number of amides is 3. The van der Waals surface area contributed by atoms with Crippen LogP contribution >= 0.6 is 0 Å². The van der Waals surface area contributed by atoms with E-state index in [1.807, 2.05) is 50.6 Å². The van der Waals surface area contributed by atoms with Crippen LogP contribution in [0.15, 0.2) is 84.8 Å². The van der Waals surface area contributed by atoms with Crippen molar-refractivity contribution in [3.8, 4) is 23.0 Å². The van der Waals surface area contributed by atoms with Crippen LogP contribution in [0.2, 0.25) is 36.3 Å². The number of methoxy groups -OCH3 is 2. The van der Waals surface area contributed by atoms with Crippen molar-refractivity contribution in [2.45, 2.75) is 123 Å². The first-order valence-corrected chi connectivity index (χ1v) is 28.8. The molecule has 0 saturated carbocycles. The van der Waals surface area contributed by atoms with E-state index < -0.39 is 22.7 Å². The Kier molecular flexibility index (Phi) is 18.8. The Hall–Kier alpha value is -5.30. The van der Waals surface area contributed by atoms with Crippen LogP contribution < -0.4 is 30.0 Å². The molecule has 2 heterocycles. The van der Waals surface area contributed by atoms with Crippen molar-refractivity contribution in [2.24, 2.45) is 0 Å². The topological polar surface area (TPSA) is 160 Å². The molecule has 0 unspecified atom stereocenters. The van der Waals surface area contributed by atoms with E-state index in [1.165, 1.54) is 20.3 Å². The fourth-order valence-electron chi connectivity index (χ4n) is 6.96. The van der Waals surface area contributed by atoms with Crippen molar-refractivity contribution in [3.05, 3.63) is 95.9 Å². The Balaban J connectivity index is 1.52. The zero-order chi connectivity index (χ0) is 49.9. The largest absolute Gasteiger partial charge is 0.493 e. The molecular weight excluding hydrogens is 885 g/mol. The lowest BCUT2D eigenvalue weighted by molar-refractivity contribution is 0.0731. The molecule has 2 atom stereocenters. The van der Waals surface area contributed by atoms with Gasteiger partial charge in [0.2, 0.25) is 0 Å². The van der Waals surface area contributed by atoms with Crippen molar-refractivity contribution >= 4 is 45.9 Å². The van der Waals surface area contributed by atoms with E-state index in [-0.39, 0.29) is 82.2 Å². The number of hydrogen-bond donors (Lipinski definition) is 2. The van der Waals surface area contributed by atoms with Crippen molar-refractivity contribution in [2.75, 3.05) is 58.3 Å². The molecule has 0 spiro atoms. The average Bonchev–Trinajstić information content (AvgIpc) is 3.86. The van der Waals surface area contributed by atoms with Crippen LogP contribution in [0.1, 0.15) is 95.4 Å². The number of benzene rings is 2. The molecule has 2 aromatic rings. The lowest BCUT2D eigenvalue weighted by atomic mass is 10.1. The van der Waals surface area contributed by atoms with Crippen LogP contribution in [0, 0.1) is 0 Å². The van der Waals surface area contributed by atoms with Crippen LogP contribution in [0.25, 0.3) is 0 Å². The van der Waals surface area contributed by atoms with Gasteiger partial charge < -0.3 is 48.1 Å². The van der Waals surface area contributed by atoms with Gasteiger partial charge in [-0.15, -0.1) is 0 Å². The molecule has 368 valence electrons. The van der Waals surface area contributed by atoms with Gasteiger partial charge in [-0.25, -0.2) is 4.79 Å². The number of ether oxygens (including phenoxy) is 5. The summed E-state index contributed by atoms with van der Waals surface area (Å²) in [7, 11) is -1.22. The van der Waals surface area contributed by atoms with Gasteiger partial charge in [-0.2, -0.15) is 0 Å². The van der Waals surface area contributed by atoms with Gasteiger partial charge in [0, 0.05) is 36.6 Å². The predicted molar refractivity (Wildman–Crippen MR) is 272 cm³/mol. The van der Waals surface area contributed by atoms with E-state index in [1.54, 1.807) is 34.1 Å². The average molecular weight is 961 g/mol. The molecule has 4 rings (SSSR count). The summed E-state index contributed by atoms with van der Waals surface area (Å²) < 4.78 is 42.2. The number of rotatable bonds is 21. The molecule has 2 aliphatic heterocycles. The molecule has 0 fully saturated rings. The fourth-order valence-corrected chi connectivity index (χ4v) is 9.05. The number of anilines is 2. The number of nitrogens with one attached hydrogen (secondary N) is 1. The Labute approximate surface area is 401 Å². The van der Waals surface area contributed by atoms with Crippen molar-refractivity contribution in [1.82, 2.24) is 9.80 Å². The number of carbonyl (C=O) groups is 3. The lowest BCUT2D eigenvalue weighted by Crippen LogP contribution is -2.45. The van der Waals surface area contributed by atoms with E-state index in [0.717, 1.165) is 11.1 Å². The number of nitrogens with zero attached hydrogens (tertiary/aromatic N) is 2. The first-order chi connectivity index (χ1) is 31.4. The third-order valence-corrected chi connectivity index (χ3v) is 21.9. The summed E-state index contributed by atoms with van der Waals surface area (Å²) in [5, 5.41) is 2.74. The van der Waals surface area contributed by atoms with Gasteiger partial charge in [0.1, 0.15) is 6.61 Å². The third-order valence-electron chi connectivity index (χ3n) is 12.9. The van der Waals surface area contributed by atoms with Gasteiger partial charge in [0.05, 0.1) is 69.5 Å². The molecule has 0 radical (unpaired) electrons. The normalized spacial score (nSPS) is 16.9. The zero-order valence-electron chi connectivity index (χ0n) is 42.4. The maximum atomic E-state index is 14.5. The summed E-state index contributed by atoms with van der Waals surface area (Å²) in [5.74, 6) is 0.682. The monoisotopic (exact) mass is 961 g/mol. The van der Waals surface area contributed by atoms with Gasteiger partial charge in [-0.1, -0.05) is 78.5 Å². The molecular formula is C51H76N4O10Si2. The lowest BCUT2D eigenvalue weighted by Gasteiger charge is -2.38. The summed E-state index contributed by atoms with van der Waals surface area (Å²) in [6, 6.07) is 5.86. The van der Waals surface area contributed by atoms with Crippen LogP contribution in [-0.4, -0.2) is 104 Å². The van der Waals surface area contributed by atoms with E-state index in [4.69, 9.17) is 38.3 Å². The fraction of sp³-hybridized carbons (Fsp3) is 0.510. The standard InChI is InChI=1S/C51H76N4O10Si2/c1-16-20-35-25-37(33-64-66(12,13)50(4,5)6)54(31-35)47(56)39-27-43(59-10)45(29-41(39)52)61-23-19-24-62-46-30-42(53-49(58)63-22-18-3)40(28-44(46)60-11)48(57)55-32-36(21-17-2)26-38(55)34-65-67(14,15)51(7,8)9/h16-18,20-21,27-32,37-38H,3,19,22-26,33-34,52H2,1-2,4-15H3,(H,53,58)/b20-16+,21-17+/t37-,38-/m0/s1. The number of hydrogen-bond acceptors (Lipinski definition) is 11. The second kappa shape index (κ2) is 23.1. The van der Waals surface area contributed by atoms with Crippen molar-refractivity contribution < 1.29 is 46.9 Å². The Morgan fingerprint density at radius 2 is 1.18 bits per heavy atom. The highest BCUT2D eigenvalue weighted by atomic mass is 28.4. The second-order valence-corrected chi connectivity index (χ2v) is 29.5. The molecule has 0 bridgehead atoms. The molecule has 0 aromatic heterocycles. The minimum atomic E-state index is -2.14. The van der Waals surface area contributed by atoms with Crippen LogP contribution in [-0.2, 0) is 13.6 Å². The minimum absolute atomic E-state index is 0.0132. The molecule has 3 N–H and O–H groups in total. The van der Waals surface area contributed by atoms with E-state index >= 15 is 0 Å². The number of nitrogen functional groups attached to an aromatic ring is 1. The first kappa shape index (κ1) is 54.3. The molecule has 2 aromatic carbocycles. The first-order valence-electron chi connectivity index (χ1n) is 23.0. The van der Waals surface area contributed by atoms with Gasteiger partial charge >= 0.3 is 6.09 Å². The van der Waals surface area contributed by atoms with Gasteiger partial charge in [-0.3, -0.25) is 14.9 Å². The highest BCUT2D eigenvalue weighted by Crippen LogP contribution is 2.41. The molecule has 3 amide bonds. The van der Waals surface area contributed by atoms with E-state index in [9.17, 15) is 14.4 Å². The predicted octanol–water partition coefficient (Wildman–Crippen LogP) is 11.3. The Morgan fingerprint density at radius 1 is 0.731 bits per heavy atom. The molecule has 14 nitrogen and oxygen atoms in total. The third kappa shape index (κ3) is 13.9. The zero-order valence-corrected chi connectivity index (χ0v) is 44.4. The van der Waals surface area contributed by atoms with Crippen molar-refractivity contribution in [3.63, 3.8) is 0 Å². The van der Waals surface area contributed by atoms with Gasteiger partial charge in [0.25, 0.3) is 11.8 Å². The number of carbonyl (C=O) groups excluding carboxylic acids is 3. The minimum Gasteiger partial charge on any atom is -0.493 e. The van der Waals surface area contributed by atoms with Crippen LogP contribution in [0.5, 0.6) is 23.0 Å². The number of nitrogens with two attached hydrogens (primary N) is 1. The maximum absolute atomic E-state index is 14.5. The summed E-state index contributed by atoms with van der Waals surface area (Å²) >= 11 is 0. The number of allylic oxidation sites excluding steroid dienone is 4. The molecule has 2 aliphatic rings. The smallest absolute Gasteiger partial charge is 0.411 e. The second-order valence-electron chi connectivity index (χ2n) is 19.9. The Bertz CT molecular complexity index is 2220. The maximum Gasteiger partial charge on any atom is 0.411 e. The molecule has 67 heavy (non-hydrogen) atoms. The highest BCUT2D eigenvalue weighted by Gasteiger charge is 2.41. The summed E-state index contributed by atoms with van der Waals surface area (Å²) in [5.41, 5.74) is 9.46. The summed E-state index contributed by atoms with van der Waals surface area (Å²) in [6.07, 6.45) is 14.0. The van der Waals surface area contributed by atoms with Crippen molar-refractivity contribution in [1.29, 1.82) is 0 Å². The SMILES string of the molecule is C=CCOC(=O)Nc1cc(OCCCOc2cc(N)c(C(=O)N3C=C(/C=C/C)C[C@H]3CO[Si](C)(C)C(C)(C)C)cc2OC)c(OC)cc1C(=O)N1C=C(/C=C/C)C[C@H]1CO[Si](C)(C)C(C)(C)C. The van der Waals surface area contributed by atoms with Crippen LogP contribution in [0.4, 0.5) is 16.2 Å². The molecule has 0 saturated heterocycles. The van der Waals surface area contributed by atoms with Gasteiger partial charge in [0.15, 0.2) is 39.6 Å². The van der Waals surface area contributed by atoms with Crippen LogP contribution in [0.3, 0.4) is 0 Å². The Morgan fingerprint density at radius 3 is 1.61 bits per heavy atom. The van der Waals surface area contributed by atoms with E-state index in [0.29, 0.717) is 49.5 Å². The van der Waals surface area contributed by atoms with Gasteiger partial charge in [-0.05, 0) is 86.2 Å². The van der Waals surface area contributed by atoms with E-state index in [2.05, 4.69) is 79.6 Å².